The van der Waals surface area contributed by atoms with Crippen molar-refractivity contribution in [2.75, 3.05) is 0 Å². The molecule has 0 saturated heterocycles. The van der Waals surface area contributed by atoms with Crippen LogP contribution in [0.4, 0.5) is 0 Å². The number of nitrogens with zero attached hydrogens (tertiary/aromatic N) is 1. The van der Waals surface area contributed by atoms with Gasteiger partial charge in [0.05, 0.1) is 6.07 Å². The number of H-pyrrole nitrogens is 1. The maximum Gasteiger partial charge on any atom is 0.0918 e. The Kier molecular flexibility index (Phi) is 2.88. The summed E-state index contributed by atoms with van der Waals surface area (Å²) < 4.78 is 0. The number of aromatic nitrogens is 1. The van der Waals surface area contributed by atoms with Gasteiger partial charge < -0.3 is 4.98 Å². The Labute approximate surface area is 111 Å². The molecule has 0 aliphatic heterocycles. The van der Waals surface area contributed by atoms with Crippen LogP contribution < -0.4 is 0 Å². The second kappa shape index (κ2) is 4.83. The molecule has 90 valence electrons. The molecule has 0 fully saturated rings. The van der Waals surface area contributed by atoms with Crippen LogP contribution in [0.3, 0.4) is 0 Å². The Bertz CT molecular complexity index is 774. The van der Waals surface area contributed by atoms with E-state index in [-0.39, 0.29) is 0 Å². The van der Waals surface area contributed by atoms with Crippen LogP contribution in [-0.2, 0) is 0 Å². The molecule has 2 aromatic carbocycles. The molecule has 19 heavy (non-hydrogen) atoms. The highest BCUT2D eigenvalue weighted by Crippen LogP contribution is 2.26. The first kappa shape index (κ1) is 11.3. The van der Waals surface area contributed by atoms with E-state index >= 15 is 0 Å². The van der Waals surface area contributed by atoms with E-state index in [0.717, 1.165) is 27.6 Å². The maximum absolute atomic E-state index is 9.00. The first-order chi connectivity index (χ1) is 9.38. The summed E-state index contributed by atoms with van der Waals surface area (Å²) >= 11 is 0. The van der Waals surface area contributed by atoms with E-state index in [1.54, 1.807) is 6.08 Å². The van der Waals surface area contributed by atoms with Gasteiger partial charge in [0.2, 0.25) is 0 Å². The van der Waals surface area contributed by atoms with Gasteiger partial charge in [-0.15, -0.1) is 0 Å². The monoisotopic (exact) mass is 244 g/mol. The molecule has 0 aliphatic carbocycles. The van der Waals surface area contributed by atoms with Crippen LogP contribution in [0.25, 0.3) is 16.5 Å². The molecular weight excluding hydrogens is 232 g/mol. The SMILES string of the molecule is N#C/C=C(/c1ccccc1)c1ccc2[nH]ccc2c1. The average Bonchev–Trinajstić information content (AvgIpc) is 2.93. The van der Waals surface area contributed by atoms with Crippen LogP contribution in [-0.4, -0.2) is 4.98 Å². The zero-order valence-electron chi connectivity index (χ0n) is 10.3. The highest BCUT2D eigenvalue weighted by molar-refractivity contribution is 5.88. The molecule has 1 aromatic heterocycles. The Hall–Kier alpha value is -2.79. The summed E-state index contributed by atoms with van der Waals surface area (Å²) in [5, 5.41) is 10.2. The van der Waals surface area contributed by atoms with E-state index in [9.17, 15) is 0 Å². The standard InChI is InChI=1S/C17H12N2/c18-10-8-16(13-4-2-1-3-5-13)14-6-7-17-15(12-14)9-11-19-17/h1-9,11-12,19H/b16-8-. The maximum atomic E-state index is 9.00. The fourth-order valence-corrected chi connectivity index (χ4v) is 2.24. The second-order valence-electron chi connectivity index (χ2n) is 4.33. The third-order valence-electron chi connectivity index (χ3n) is 3.16. The predicted octanol–water partition coefficient (Wildman–Crippen LogP) is 4.12. The molecule has 0 atom stereocenters. The van der Waals surface area contributed by atoms with Crippen molar-refractivity contribution in [2.45, 2.75) is 0 Å². The Morgan fingerprint density at radius 1 is 1.00 bits per heavy atom. The Morgan fingerprint density at radius 2 is 1.84 bits per heavy atom. The summed E-state index contributed by atoms with van der Waals surface area (Å²) in [6, 6.07) is 20.3. The summed E-state index contributed by atoms with van der Waals surface area (Å²) in [6.07, 6.45) is 3.52. The minimum absolute atomic E-state index is 0.950. The van der Waals surface area contributed by atoms with Crippen molar-refractivity contribution in [3.05, 3.63) is 78.0 Å². The van der Waals surface area contributed by atoms with Gasteiger partial charge in [0.25, 0.3) is 0 Å². The topological polar surface area (TPSA) is 39.6 Å². The highest BCUT2D eigenvalue weighted by atomic mass is 14.7. The van der Waals surface area contributed by atoms with Gasteiger partial charge >= 0.3 is 0 Å². The van der Waals surface area contributed by atoms with Crippen molar-refractivity contribution < 1.29 is 0 Å². The van der Waals surface area contributed by atoms with Gasteiger partial charge in [0, 0.05) is 17.8 Å². The Balaban J connectivity index is 2.15. The van der Waals surface area contributed by atoms with E-state index in [0.29, 0.717) is 0 Å². The zero-order valence-corrected chi connectivity index (χ0v) is 10.3. The smallest absolute Gasteiger partial charge is 0.0918 e. The third kappa shape index (κ3) is 2.14. The van der Waals surface area contributed by atoms with Crippen LogP contribution in [0.15, 0.2) is 66.9 Å². The molecule has 0 spiro atoms. The number of aromatic amines is 1. The number of hydrogen-bond donors (Lipinski definition) is 1. The summed E-state index contributed by atoms with van der Waals surface area (Å²) in [6.45, 7) is 0. The summed E-state index contributed by atoms with van der Waals surface area (Å²) in [4.78, 5) is 3.17. The van der Waals surface area contributed by atoms with Crippen LogP contribution in [0, 0.1) is 11.3 Å². The van der Waals surface area contributed by atoms with E-state index in [1.165, 1.54) is 0 Å². The predicted molar refractivity (Wildman–Crippen MR) is 77.4 cm³/mol. The molecule has 0 radical (unpaired) electrons. The number of nitriles is 1. The largest absolute Gasteiger partial charge is 0.361 e. The van der Waals surface area contributed by atoms with Crippen LogP contribution >= 0.6 is 0 Å². The van der Waals surface area contributed by atoms with Gasteiger partial charge in [-0.05, 0) is 40.3 Å². The van der Waals surface area contributed by atoms with Gasteiger partial charge in [-0.1, -0.05) is 36.4 Å². The molecule has 0 amide bonds. The van der Waals surface area contributed by atoms with E-state index < -0.39 is 0 Å². The van der Waals surface area contributed by atoms with Crippen LogP contribution in [0.1, 0.15) is 11.1 Å². The fraction of sp³-hybridized carbons (Fsp3) is 0. The molecule has 0 saturated carbocycles. The van der Waals surface area contributed by atoms with Crippen LogP contribution in [0.2, 0.25) is 0 Å². The van der Waals surface area contributed by atoms with Crippen molar-refractivity contribution in [2.24, 2.45) is 0 Å². The number of allylic oxidation sites excluding steroid dienone is 1. The lowest BCUT2D eigenvalue weighted by Crippen LogP contribution is -1.87. The van der Waals surface area contributed by atoms with Gasteiger partial charge in [0.15, 0.2) is 0 Å². The first-order valence-electron chi connectivity index (χ1n) is 6.11. The molecule has 2 nitrogen and oxygen atoms in total. The Morgan fingerprint density at radius 3 is 2.63 bits per heavy atom. The summed E-state index contributed by atoms with van der Waals surface area (Å²) in [5.41, 5.74) is 4.16. The average molecular weight is 244 g/mol. The van der Waals surface area contributed by atoms with Crippen molar-refractivity contribution in [1.82, 2.24) is 4.98 Å². The van der Waals surface area contributed by atoms with Gasteiger partial charge in [-0.3, -0.25) is 0 Å². The van der Waals surface area contributed by atoms with E-state index in [2.05, 4.69) is 17.1 Å². The highest BCUT2D eigenvalue weighted by Gasteiger charge is 2.05. The van der Waals surface area contributed by atoms with E-state index in [1.807, 2.05) is 54.7 Å². The van der Waals surface area contributed by atoms with Gasteiger partial charge in [0.1, 0.15) is 0 Å². The molecule has 1 heterocycles. The van der Waals surface area contributed by atoms with E-state index in [4.69, 9.17) is 5.26 Å². The fourth-order valence-electron chi connectivity index (χ4n) is 2.24. The lowest BCUT2D eigenvalue weighted by Gasteiger charge is -2.07. The second-order valence-corrected chi connectivity index (χ2v) is 4.33. The zero-order chi connectivity index (χ0) is 13.1. The minimum Gasteiger partial charge on any atom is -0.361 e. The molecule has 3 aromatic rings. The van der Waals surface area contributed by atoms with Crippen molar-refractivity contribution >= 4 is 16.5 Å². The molecule has 0 aliphatic rings. The summed E-state index contributed by atoms with van der Waals surface area (Å²) in [5.74, 6) is 0. The lowest BCUT2D eigenvalue weighted by molar-refractivity contribution is 1.47. The van der Waals surface area contributed by atoms with Crippen molar-refractivity contribution in [3.8, 4) is 6.07 Å². The molecule has 0 bridgehead atoms. The summed E-state index contributed by atoms with van der Waals surface area (Å²) in [7, 11) is 0. The number of benzene rings is 2. The minimum atomic E-state index is 0.950. The molecule has 1 N–H and O–H groups in total. The van der Waals surface area contributed by atoms with Crippen molar-refractivity contribution in [1.29, 1.82) is 5.26 Å². The molecular formula is C17H12N2. The van der Waals surface area contributed by atoms with Crippen molar-refractivity contribution in [3.63, 3.8) is 0 Å². The van der Waals surface area contributed by atoms with Gasteiger partial charge in [-0.2, -0.15) is 5.26 Å². The van der Waals surface area contributed by atoms with Crippen LogP contribution in [0.5, 0.6) is 0 Å². The quantitative estimate of drug-likeness (QED) is 0.676. The molecule has 2 heteroatoms. The lowest BCUT2D eigenvalue weighted by atomic mass is 9.97. The van der Waals surface area contributed by atoms with Gasteiger partial charge in [-0.25, -0.2) is 0 Å². The number of nitrogens with one attached hydrogen (secondary N) is 1. The molecule has 0 unspecified atom stereocenters. The first-order valence-corrected chi connectivity index (χ1v) is 6.11. The normalized spacial score (nSPS) is 11.4. The third-order valence-corrected chi connectivity index (χ3v) is 3.16. The number of rotatable bonds is 2. The molecule has 3 rings (SSSR count). The number of hydrogen-bond acceptors (Lipinski definition) is 1. The number of fused-ring (bicyclic) bond motifs is 1.